The SMILES string of the molecule is Nc1coc(C(O)CO)c1. The lowest BCUT2D eigenvalue weighted by Crippen LogP contribution is -2.00. The van der Waals surface area contributed by atoms with Gasteiger partial charge in [0.15, 0.2) is 0 Å². The van der Waals surface area contributed by atoms with Crippen molar-refractivity contribution >= 4 is 5.69 Å². The molecule has 0 radical (unpaired) electrons. The summed E-state index contributed by atoms with van der Waals surface area (Å²) in [6.07, 6.45) is 0.353. The fourth-order valence-corrected chi connectivity index (χ4v) is 0.633. The molecule has 1 atom stereocenters. The Morgan fingerprint density at radius 2 is 2.40 bits per heavy atom. The van der Waals surface area contributed by atoms with Crippen LogP contribution in [0.4, 0.5) is 5.69 Å². The molecule has 1 aromatic rings. The standard InChI is InChI=1S/C6H9NO3/c7-4-1-6(10-3-4)5(9)2-8/h1,3,5,8-9H,2,7H2. The van der Waals surface area contributed by atoms with Crippen molar-refractivity contribution in [1.29, 1.82) is 0 Å². The molecule has 4 heteroatoms. The molecule has 0 aliphatic heterocycles. The quantitative estimate of drug-likeness (QED) is 0.539. The van der Waals surface area contributed by atoms with Crippen molar-refractivity contribution in [3.8, 4) is 0 Å². The molecule has 0 aliphatic rings. The monoisotopic (exact) mass is 143 g/mol. The molecule has 1 unspecified atom stereocenters. The number of anilines is 1. The average molecular weight is 143 g/mol. The molecule has 0 aliphatic carbocycles. The van der Waals surface area contributed by atoms with E-state index in [-0.39, 0.29) is 6.61 Å². The molecule has 4 N–H and O–H groups in total. The van der Waals surface area contributed by atoms with E-state index in [1.165, 1.54) is 12.3 Å². The van der Waals surface area contributed by atoms with Gasteiger partial charge in [-0.2, -0.15) is 0 Å². The van der Waals surface area contributed by atoms with E-state index in [0.717, 1.165) is 0 Å². The van der Waals surface area contributed by atoms with E-state index in [9.17, 15) is 0 Å². The highest BCUT2D eigenvalue weighted by Gasteiger charge is 2.08. The number of aliphatic hydroxyl groups excluding tert-OH is 2. The molecule has 0 saturated heterocycles. The minimum atomic E-state index is -0.961. The van der Waals surface area contributed by atoms with Crippen molar-refractivity contribution in [2.75, 3.05) is 12.3 Å². The highest BCUT2D eigenvalue weighted by Crippen LogP contribution is 2.16. The van der Waals surface area contributed by atoms with Crippen molar-refractivity contribution in [3.63, 3.8) is 0 Å². The first-order chi connectivity index (χ1) is 4.74. The molecule has 0 amide bonds. The van der Waals surface area contributed by atoms with E-state index in [1.54, 1.807) is 0 Å². The van der Waals surface area contributed by atoms with Gasteiger partial charge >= 0.3 is 0 Å². The summed E-state index contributed by atoms with van der Waals surface area (Å²) in [5.74, 6) is 0.292. The van der Waals surface area contributed by atoms with E-state index in [1.807, 2.05) is 0 Å². The molecular weight excluding hydrogens is 134 g/mol. The lowest BCUT2D eigenvalue weighted by Gasteiger charge is -1.99. The van der Waals surface area contributed by atoms with Gasteiger partial charge in [0, 0.05) is 6.07 Å². The van der Waals surface area contributed by atoms with Crippen molar-refractivity contribution in [2.45, 2.75) is 6.10 Å². The van der Waals surface area contributed by atoms with E-state index in [0.29, 0.717) is 11.4 Å². The van der Waals surface area contributed by atoms with Gasteiger partial charge in [-0.05, 0) is 0 Å². The minimum Gasteiger partial charge on any atom is -0.464 e. The summed E-state index contributed by atoms with van der Waals surface area (Å²) in [5, 5.41) is 17.4. The maximum atomic E-state index is 8.94. The molecule has 10 heavy (non-hydrogen) atoms. The van der Waals surface area contributed by atoms with Crippen LogP contribution in [0.15, 0.2) is 16.7 Å². The second-order valence-corrected chi connectivity index (χ2v) is 1.98. The Kier molecular flexibility index (Phi) is 1.94. The predicted octanol–water partition coefficient (Wildman–Crippen LogP) is -0.112. The van der Waals surface area contributed by atoms with Gasteiger partial charge in [-0.3, -0.25) is 0 Å². The number of hydrogen-bond donors (Lipinski definition) is 3. The van der Waals surface area contributed by atoms with Crippen molar-refractivity contribution in [3.05, 3.63) is 18.1 Å². The number of nitrogens with two attached hydrogens (primary N) is 1. The van der Waals surface area contributed by atoms with Crippen LogP contribution in [-0.4, -0.2) is 16.8 Å². The Balaban J connectivity index is 2.74. The fraction of sp³-hybridized carbons (Fsp3) is 0.333. The summed E-state index contributed by atoms with van der Waals surface area (Å²) in [4.78, 5) is 0. The van der Waals surface area contributed by atoms with Crippen LogP contribution in [0, 0.1) is 0 Å². The van der Waals surface area contributed by atoms with Crippen LogP contribution in [0.5, 0.6) is 0 Å². The molecule has 4 nitrogen and oxygen atoms in total. The molecule has 0 spiro atoms. The largest absolute Gasteiger partial charge is 0.464 e. The highest BCUT2D eigenvalue weighted by atomic mass is 16.4. The van der Waals surface area contributed by atoms with Crippen LogP contribution in [-0.2, 0) is 0 Å². The Morgan fingerprint density at radius 3 is 2.80 bits per heavy atom. The van der Waals surface area contributed by atoms with E-state index < -0.39 is 6.10 Å². The third-order valence-corrected chi connectivity index (χ3v) is 1.14. The minimum absolute atomic E-state index is 0.292. The van der Waals surface area contributed by atoms with Crippen molar-refractivity contribution < 1.29 is 14.6 Å². The summed E-state index contributed by atoms with van der Waals surface area (Å²) in [7, 11) is 0. The summed E-state index contributed by atoms with van der Waals surface area (Å²) in [6.45, 7) is -0.354. The lowest BCUT2D eigenvalue weighted by molar-refractivity contribution is 0.0776. The van der Waals surface area contributed by atoms with Crippen molar-refractivity contribution in [2.24, 2.45) is 0 Å². The van der Waals surface area contributed by atoms with Crippen LogP contribution in [0.3, 0.4) is 0 Å². The second kappa shape index (κ2) is 2.72. The molecule has 0 fully saturated rings. The van der Waals surface area contributed by atoms with Gasteiger partial charge in [0.1, 0.15) is 18.1 Å². The van der Waals surface area contributed by atoms with Gasteiger partial charge < -0.3 is 20.4 Å². The Hall–Kier alpha value is -1.00. The topological polar surface area (TPSA) is 79.6 Å². The molecule has 0 saturated carbocycles. The maximum absolute atomic E-state index is 8.94. The molecule has 0 bridgehead atoms. The number of aliphatic hydroxyl groups is 2. The Morgan fingerprint density at radius 1 is 1.70 bits per heavy atom. The number of nitrogen functional groups attached to an aromatic ring is 1. The van der Waals surface area contributed by atoms with E-state index in [2.05, 4.69) is 0 Å². The zero-order chi connectivity index (χ0) is 7.56. The Bertz CT molecular complexity index is 209. The van der Waals surface area contributed by atoms with Gasteiger partial charge in [0.25, 0.3) is 0 Å². The van der Waals surface area contributed by atoms with E-state index >= 15 is 0 Å². The Labute approximate surface area is 57.9 Å². The van der Waals surface area contributed by atoms with Crippen LogP contribution >= 0.6 is 0 Å². The van der Waals surface area contributed by atoms with Crippen LogP contribution in [0.1, 0.15) is 11.9 Å². The van der Waals surface area contributed by atoms with E-state index in [4.69, 9.17) is 20.4 Å². The van der Waals surface area contributed by atoms with Gasteiger partial charge in [0.05, 0.1) is 12.3 Å². The maximum Gasteiger partial charge on any atom is 0.136 e. The molecule has 1 heterocycles. The molecule has 56 valence electrons. The highest BCUT2D eigenvalue weighted by molar-refractivity contribution is 5.35. The third kappa shape index (κ3) is 1.29. The first-order valence-corrected chi connectivity index (χ1v) is 2.87. The first kappa shape index (κ1) is 7.11. The normalized spacial score (nSPS) is 13.4. The molecule has 0 aromatic carbocycles. The zero-order valence-corrected chi connectivity index (χ0v) is 5.32. The van der Waals surface area contributed by atoms with Crippen LogP contribution in [0.2, 0.25) is 0 Å². The van der Waals surface area contributed by atoms with Crippen LogP contribution < -0.4 is 5.73 Å². The van der Waals surface area contributed by atoms with Crippen molar-refractivity contribution in [1.82, 2.24) is 0 Å². The third-order valence-electron chi connectivity index (χ3n) is 1.14. The molecule has 1 rings (SSSR count). The number of rotatable bonds is 2. The number of furan rings is 1. The lowest BCUT2D eigenvalue weighted by atomic mass is 10.3. The average Bonchev–Trinajstić information content (AvgIpc) is 2.34. The smallest absolute Gasteiger partial charge is 0.136 e. The van der Waals surface area contributed by atoms with Gasteiger partial charge in [-0.15, -0.1) is 0 Å². The van der Waals surface area contributed by atoms with Crippen LogP contribution in [0.25, 0.3) is 0 Å². The second-order valence-electron chi connectivity index (χ2n) is 1.98. The van der Waals surface area contributed by atoms with Gasteiger partial charge in [-0.25, -0.2) is 0 Å². The first-order valence-electron chi connectivity index (χ1n) is 2.87. The summed E-state index contributed by atoms with van der Waals surface area (Å²) in [5.41, 5.74) is 5.73. The number of hydrogen-bond acceptors (Lipinski definition) is 4. The molecular formula is C6H9NO3. The summed E-state index contributed by atoms with van der Waals surface area (Å²) in [6, 6.07) is 1.47. The predicted molar refractivity (Wildman–Crippen MR) is 35.2 cm³/mol. The summed E-state index contributed by atoms with van der Waals surface area (Å²) >= 11 is 0. The molecule has 1 aromatic heterocycles. The van der Waals surface area contributed by atoms with Gasteiger partial charge in [0.2, 0.25) is 0 Å². The zero-order valence-electron chi connectivity index (χ0n) is 5.32. The fourth-order valence-electron chi connectivity index (χ4n) is 0.633. The van der Waals surface area contributed by atoms with Gasteiger partial charge in [-0.1, -0.05) is 0 Å². The summed E-state index contributed by atoms with van der Waals surface area (Å²) < 4.78 is 4.78.